The van der Waals surface area contributed by atoms with Gasteiger partial charge in [0.05, 0.1) is 0 Å². The Morgan fingerprint density at radius 2 is 2.00 bits per heavy atom. The lowest BCUT2D eigenvalue weighted by Crippen LogP contribution is -2.11. The predicted molar refractivity (Wildman–Crippen MR) is 92.0 cm³/mol. The van der Waals surface area contributed by atoms with E-state index in [9.17, 15) is 8.42 Å². The first kappa shape index (κ1) is 15.6. The summed E-state index contributed by atoms with van der Waals surface area (Å²) in [6, 6.07) is 5.61. The zero-order valence-electron chi connectivity index (χ0n) is 11.0. The lowest BCUT2D eigenvalue weighted by molar-refractivity contribution is 0.592. The number of nitrogens with two attached hydrogens (primary N) is 1. The number of anilines is 1. The standard InChI is InChI=1S/C11H8BrIN6O2S/c1-22(20,21)11-16-9(14)19-10(17-11)15-8(18-19)5-2-3-7(13)6(12)4-5/h2-4H,1H3,(H2,14,15,16,17,18). The number of benzene rings is 1. The molecule has 0 saturated carbocycles. The van der Waals surface area contributed by atoms with Crippen LogP contribution in [0.3, 0.4) is 0 Å². The fraction of sp³-hybridized carbons (Fsp3) is 0.0909. The van der Waals surface area contributed by atoms with Gasteiger partial charge in [0.25, 0.3) is 10.9 Å². The van der Waals surface area contributed by atoms with E-state index >= 15 is 0 Å². The van der Waals surface area contributed by atoms with Crippen molar-refractivity contribution in [2.75, 3.05) is 12.0 Å². The van der Waals surface area contributed by atoms with E-state index in [2.05, 4.69) is 58.6 Å². The van der Waals surface area contributed by atoms with Crippen LogP contribution in [0.2, 0.25) is 0 Å². The molecule has 2 N–H and O–H groups in total. The van der Waals surface area contributed by atoms with Gasteiger partial charge in [-0.1, -0.05) is 0 Å². The molecule has 0 aliphatic heterocycles. The van der Waals surface area contributed by atoms with Gasteiger partial charge in [0.2, 0.25) is 15.8 Å². The SMILES string of the molecule is CS(=O)(=O)c1nc(N)n2nc(-c3ccc(I)c(Br)c3)nc2n1. The van der Waals surface area contributed by atoms with Gasteiger partial charge in [-0.25, -0.2) is 8.42 Å². The third-order valence-corrected chi connectivity index (χ3v) is 5.91. The van der Waals surface area contributed by atoms with Gasteiger partial charge >= 0.3 is 0 Å². The molecule has 2 heterocycles. The van der Waals surface area contributed by atoms with E-state index in [0.29, 0.717) is 5.82 Å². The summed E-state index contributed by atoms with van der Waals surface area (Å²) in [5.41, 5.74) is 6.48. The normalized spacial score (nSPS) is 12.0. The third-order valence-electron chi connectivity index (χ3n) is 2.72. The van der Waals surface area contributed by atoms with Gasteiger partial charge in [0.15, 0.2) is 5.82 Å². The molecule has 0 bridgehead atoms. The number of nitrogen functional groups attached to an aromatic ring is 1. The third kappa shape index (κ3) is 2.79. The fourth-order valence-corrected chi connectivity index (χ4v) is 2.93. The van der Waals surface area contributed by atoms with Crippen molar-refractivity contribution in [3.8, 4) is 11.4 Å². The number of nitrogens with zero attached hydrogens (tertiary/aromatic N) is 5. The van der Waals surface area contributed by atoms with Crippen molar-refractivity contribution in [1.29, 1.82) is 0 Å². The van der Waals surface area contributed by atoms with Crippen molar-refractivity contribution in [2.45, 2.75) is 5.16 Å². The zero-order chi connectivity index (χ0) is 16.1. The molecule has 1 aromatic carbocycles. The summed E-state index contributed by atoms with van der Waals surface area (Å²) in [5, 5.41) is 3.84. The average molecular weight is 495 g/mol. The maximum Gasteiger partial charge on any atom is 0.258 e. The van der Waals surface area contributed by atoms with E-state index in [1.54, 1.807) is 0 Å². The van der Waals surface area contributed by atoms with Crippen molar-refractivity contribution < 1.29 is 8.42 Å². The Morgan fingerprint density at radius 3 is 2.64 bits per heavy atom. The molecule has 0 saturated heterocycles. The number of hydrogen-bond donors (Lipinski definition) is 1. The first-order valence-electron chi connectivity index (χ1n) is 5.81. The minimum Gasteiger partial charge on any atom is -0.368 e. The van der Waals surface area contributed by atoms with Crippen molar-refractivity contribution in [3.05, 3.63) is 26.2 Å². The molecule has 11 heteroatoms. The molecule has 114 valence electrons. The molecule has 0 radical (unpaired) electrons. The van der Waals surface area contributed by atoms with Crippen LogP contribution in [-0.2, 0) is 9.84 Å². The molecular formula is C11H8BrIN6O2S. The lowest BCUT2D eigenvalue weighted by atomic mass is 10.2. The van der Waals surface area contributed by atoms with Crippen LogP contribution < -0.4 is 5.73 Å². The van der Waals surface area contributed by atoms with Crippen LogP contribution in [0.15, 0.2) is 27.8 Å². The highest BCUT2D eigenvalue weighted by Crippen LogP contribution is 2.25. The fourth-order valence-electron chi connectivity index (χ4n) is 1.71. The molecule has 8 nitrogen and oxygen atoms in total. The Hall–Kier alpha value is -1.34. The molecular weight excluding hydrogens is 487 g/mol. The van der Waals surface area contributed by atoms with E-state index in [1.165, 1.54) is 4.52 Å². The highest BCUT2D eigenvalue weighted by molar-refractivity contribution is 14.1. The second kappa shape index (κ2) is 5.38. The van der Waals surface area contributed by atoms with Crippen LogP contribution >= 0.6 is 38.5 Å². The summed E-state index contributed by atoms with van der Waals surface area (Å²) in [5.74, 6) is 0.370. The second-order valence-electron chi connectivity index (χ2n) is 4.41. The van der Waals surface area contributed by atoms with Crippen LogP contribution in [0.4, 0.5) is 5.95 Å². The van der Waals surface area contributed by atoms with Crippen molar-refractivity contribution >= 4 is 60.1 Å². The lowest BCUT2D eigenvalue weighted by Gasteiger charge is -1.99. The first-order chi connectivity index (χ1) is 10.3. The first-order valence-corrected chi connectivity index (χ1v) is 9.58. The molecule has 22 heavy (non-hydrogen) atoms. The molecule has 0 unspecified atom stereocenters. The Bertz CT molecular complexity index is 1000. The van der Waals surface area contributed by atoms with Gasteiger partial charge in [0.1, 0.15) is 0 Å². The summed E-state index contributed by atoms with van der Waals surface area (Å²) in [7, 11) is -3.58. The topological polar surface area (TPSA) is 116 Å². The van der Waals surface area contributed by atoms with Gasteiger partial charge in [-0.3, -0.25) is 0 Å². The minimum absolute atomic E-state index is 0.0811. The quantitative estimate of drug-likeness (QED) is 0.537. The summed E-state index contributed by atoms with van der Waals surface area (Å²) in [4.78, 5) is 11.9. The minimum atomic E-state index is -3.58. The van der Waals surface area contributed by atoms with Gasteiger partial charge in [0, 0.05) is 19.9 Å². The highest BCUT2D eigenvalue weighted by atomic mass is 127. The van der Waals surface area contributed by atoms with Gasteiger partial charge in [-0.2, -0.15) is 19.5 Å². The Balaban J connectivity index is 2.21. The van der Waals surface area contributed by atoms with E-state index in [-0.39, 0.29) is 16.9 Å². The van der Waals surface area contributed by atoms with Crippen molar-refractivity contribution in [3.63, 3.8) is 0 Å². The molecule has 3 rings (SSSR count). The number of sulfone groups is 1. The van der Waals surface area contributed by atoms with Crippen LogP contribution in [0.5, 0.6) is 0 Å². The maximum atomic E-state index is 11.5. The van der Waals surface area contributed by atoms with Gasteiger partial charge < -0.3 is 5.73 Å². The number of fused-ring (bicyclic) bond motifs is 1. The molecule has 0 aliphatic carbocycles. The van der Waals surface area contributed by atoms with Crippen molar-refractivity contribution in [1.82, 2.24) is 24.6 Å². The molecule has 0 aliphatic rings. The summed E-state index contributed by atoms with van der Waals surface area (Å²) in [6.07, 6.45) is 1.01. The van der Waals surface area contributed by atoms with Crippen LogP contribution in [0.1, 0.15) is 0 Å². The van der Waals surface area contributed by atoms with Crippen molar-refractivity contribution in [2.24, 2.45) is 0 Å². The Labute approximate surface area is 147 Å². The Kier molecular flexibility index (Phi) is 3.81. The molecule has 0 spiro atoms. The monoisotopic (exact) mass is 494 g/mol. The van der Waals surface area contributed by atoms with Gasteiger partial charge in [-0.05, 0) is 56.7 Å². The molecule has 2 aromatic heterocycles. The molecule has 3 aromatic rings. The van der Waals surface area contributed by atoms with Gasteiger partial charge in [-0.15, -0.1) is 5.10 Å². The molecule has 0 fully saturated rings. The van der Waals surface area contributed by atoms with Crippen LogP contribution in [0, 0.1) is 3.57 Å². The summed E-state index contributed by atoms with van der Waals surface area (Å²) >= 11 is 5.63. The summed E-state index contributed by atoms with van der Waals surface area (Å²) < 4.78 is 26.2. The maximum absolute atomic E-state index is 11.5. The average Bonchev–Trinajstić information content (AvgIpc) is 2.85. The van der Waals surface area contributed by atoms with Crippen LogP contribution in [-0.4, -0.2) is 39.2 Å². The Morgan fingerprint density at radius 1 is 1.27 bits per heavy atom. The number of aromatic nitrogens is 5. The number of rotatable bonds is 2. The van der Waals surface area contributed by atoms with Crippen LogP contribution in [0.25, 0.3) is 17.2 Å². The zero-order valence-corrected chi connectivity index (χ0v) is 15.6. The largest absolute Gasteiger partial charge is 0.368 e. The number of hydrogen-bond acceptors (Lipinski definition) is 7. The van der Waals surface area contributed by atoms with E-state index in [1.807, 2.05) is 18.2 Å². The smallest absolute Gasteiger partial charge is 0.258 e. The van der Waals surface area contributed by atoms with E-state index < -0.39 is 9.84 Å². The number of halogens is 2. The predicted octanol–water partition coefficient (Wildman–Crippen LogP) is 1.54. The highest BCUT2D eigenvalue weighted by Gasteiger charge is 2.17. The van der Waals surface area contributed by atoms with E-state index in [0.717, 1.165) is 19.9 Å². The van der Waals surface area contributed by atoms with E-state index in [4.69, 9.17) is 5.73 Å². The second-order valence-corrected chi connectivity index (χ2v) is 8.34. The summed E-state index contributed by atoms with van der Waals surface area (Å²) in [6.45, 7) is 0. The molecule has 0 atom stereocenters. The molecule has 0 amide bonds.